The molecule has 0 atom stereocenters. The SMILES string of the molecule is Cn1c(=O)c(C(=O)NCc2ccc(C#N)cc2)cc2ccnc(OCC3(S(=O)(=O)NCCO[Si](C)(C)C(C)(C)C)CC3)c21. The van der Waals surface area contributed by atoms with Gasteiger partial charge in [-0.2, -0.15) is 5.26 Å². The van der Waals surface area contributed by atoms with Crippen LogP contribution in [0.1, 0.15) is 55.1 Å². The van der Waals surface area contributed by atoms with Crippen LogP contribution in [-0.4, -0.2) is 56.7 Å². The number of aromatic nitrogens is 2. The maximum atomic E-state index is 13.2. The van der Waals surface area contributed by atoms with Crippen molar-refractivity contribution < 1.29 is 22.4 Å². The van der Waals surface area contributed by atoms with Gasteiger partial charge in [-0.05, 0) is 60.8 Å². The highest BCUT2D eigenvalue weighted by molar-refractivity contribution is 7.91. The summed E-state index contributed by atoms with van der Waals surface area (Å²) >= 11 is 0. The number of ether oxygens (including phenoxy) is 1. The van der Waals surface area contributed by atoms with Gasteiger partial charge in [-0.15, -0.1) is 0 Å². The van der Waals surface area contributed by atoms with E-state index < -0.39 is 34.6 Å². The third kappa shape index (κ3) is 6.99. The summed E-state index contributed by atoms with van der Waals surface area (Å²) in [6.07, 6.45) is 2.38. The highest BCUT2D eigenvalue weighted by Gasteiger charge is 2.55. The summed E-state index contributed by atoms with van der Waals surface area (Å²) < 4.78 is 41.3. The third-order valence-electron chi connectivity index (χ3n) is 8.39. The molecule has 1 amide bonds. The van der Waals surface area contributed by atoms with Gasteiger partial charge in [0, 0.05) is 38.3 Å². The number of nitriles is 1. The molecule has 13 heteroatoms. The van der Waals surface area contributed by atoms with E-state index >= 15 is 0 Å². The van der Waals surface area contributed by atoms with E-state index in [0.717, 1.165) is 5.56 Å². The molecular weight excluding hydrogens is 587 g/mol. The first-order valence-electron chi connectivity index (χ1n) is 14.1. The molecule has 1 fully saturated rings. The molecule has 1 saturated carbocycles. The Morgan fingerprint density at radius 1 is 1.19 bits per heavy atom. The minimum absolute atomic E-state index is 0.0275. The standard InChI is InChI=1S/C30H39N5O6SSi/c1-29(2,3)43(5,6)41-16-15-34-42(38,39)30(12-13-30)20-40-27-25-23(11-14-32-27)17-24(28(37)35(25)4)26(36)33-19-22-9-7-21(18-31)8-10-22/h7-11,14,17,34H,12-13,15-16,19-20H2,1-6H3,(H,33,36). The Morgan fingerprint density at radius 2 is 1.86 bits per heavy atom. The molecule has 0 radical (unpaired) electrons. The minimum Gasteiger partial charge on any atom is -0.474 e. The van der Waals surface area contributed by atoms with Crippen molar-refractivity contribution in [2.24, 2.45) is 7.05 Å². The van der Waals surface area contributed by atoms with E-state index in [1.54, 1.807) is 30.3 Å². The van der Waals surface area contributed by atoms with Gasteiger partial charge in [0.15, 0.2) is 8.32 Å². The highest BCUT2D eigenvalue weighted by Crippen LogP contribution is 2.43. The van der Waals surface area contributed by atoms with Crippen molar-refractivity contribution in [2.45, 2.75) is 63.0 Å². The zero-order chi connectivity index (χ0) is 31.6. The molecule has 0 aliphatic heterocycles. The van der Waals surface area contributed by atoms with E-state index in [2.05, 4.69) is 48.9 Å². The summed E-state index contributed by atoms with van der Waals surface area (Å²) in [6, 6.07) is 12.0. The van der Waals surface area contributed by atoms with Crippen molar-refractivity contribution in [3.63, 3.8) is 0 Å². The predicted octanol–water partition coefficient (Wildman–Crippen LogP) is 3.59. The smallest absolute Gasteiger partial charge is 0.263 e. The zero-order valence-electron chi connectivity index (χ0n) is 25.5. The van der Waals surface area contributed by atoms with Crippen LogP contribution in [0.4, 0.5) is 0 Å². The second-order valence-corrected chi connectivity index (χ2v) is 19.4. The van der Waals surface area contributed by atoms with Crippen LogP contribution >= 0.6 is 0 Å². The number of rotatable bonds is 12. The van der Waals surface area contributed by atoms with Crippen molar-refractivity contribution in [1.29, 1.82) is 5.26 Å². The lowest BCUT2D eigenvalue weighted by Crippen LogP contribution is -2.45. The first-order valence-corrected chi connectivity index (χ1v) is 18.5. The quantitative estimate of drug-likeness (QED) is 0.229. The molecule has 230 valence electrons. The van der Waals surface area contributed by atoms with E-state index in [4.69, 9.17) is 14.4 Å². The molecule has 2 heterocycles. The van der Waals surface area contributed by atoms with Crippen LogP contribution in [0, 0.1) is 11.3 Å². The average molecular weight is 626 g/mol. The van der Waals surface area contributed by atoms with E-state index in [1.165, 1.54) is 23.9 Å². The van der Waals surface area contributed by atoms with Gasteiger partial charge in [0.1, 0.15) is 22.4 Å². The maximum Gasteiger partial charge on any atom is 0.263 e. The molecule has 3 aromatic rings. The molecule has 2 N–H and O–H groups in total. The van der Waals surface area contributed by atoms with Gasteiger partial charge in [-0.1, -0.05) is 32.9 Å². The van der Waals surface area contributed by atoms with Crippen molar-refractivity contribution in [2.75, 3.05) is 19.8 Å². The fourth-order valence-electron chi connectivity index (χ4n) is 4.33. The van der Waals surface area contributed by atoms with Crippen molar-refractivity contribution >= 4 is 35.2 Å². The number of amides is 1. The summed E-state index contributed by atoms with van der Waals surface area (Å²) in [5.41, 5.74) is 1.07. The first kappa shape index (κ1) is 32.3. The number of hydrogen-bond donors (Lipinski definition) is 2. The number of carbonyl (C=O) groups excluding carboxylic acids is 1. The maximum absolute atomic E-state index is 13.2. The number of carbonyl (C=O) groups is 1. The molecular formula is C30H39N5O6SSi. The average Bonchev–Trinajstić information content (AvgIpc) is 3.76. The van der Waals surface area contributed by atoms with E-state index in [-0.39, 0.29) is 36.2 Å². The van der Waals surface area contributed by atoms with Crippen molar-refractivity contribution in [3.8, 4) is 11.9 Å². The summed E-state index contributed by atoms with van der Waals surface area (Å²) in [7, 11) is -4.17. The fraction of sp³-hybridized carbons (Fsp3) is 0.467. The lowest BCUT2D eigenvalue weighted by Gasteiger charge is -2.36. The van der Waals surface area contributed by atoms with Gasteiger partial charge in [-0.25, -0.2) is 18.1 Å². The number of benzene rings is 1. The van der Waals surface area contributed by atoms with Crippen molar-refractivity contribution in [3.05, 3.63) is 69.6 Å². The number of fused-ring (bicyclic) bond motifs is 1. The molecule has 1 aromatic carbocycles. The summed E-state index contributed by atoms with van der Waals surface area (Å²) in [4.78, 5) is 30.4. The van der Waals surface area contributed by atoms with E-state index in [0.29, 0.717) is 35.9 Å². The number of pyridine rings is 2. The topological polar surface area (TPSA) is 152 Å². The number of sulfonamides is 1. The Morgan fingerprint density at radius 3 is 2.47 bits per heavy atom. The van der Waals surface area contributed by atoms with Gasteiger partial charge in [0.2, 0.25) is 15.9 Å². The fourth-order valence-corrected chi connectivity index (χ4v) is 6.88. The Hall–Kier alpha value is -3.57. The lowest BCUT2D eigenvalue weighted by molar-refractivity contribution is 0.0949. The number of aryl methyl sites for hydroxylation is 1. The van der Waals surface area contributed by atoms with Gasteiger partial charge < -0.3 is 19.0 Å². The largest absolute Gasteiger partial charge is 0.474 e. The minimum atomic E-state index is -3.70. The second kappa shape index (κ2) is 12.2. The molecule has 2 aromatic heterocycles. The van der Waals surface area contributed by atoms with E-state index in [1.807, 2.05) is 6.07 Å². The molecule has 1 aliphatic carbocycles. The predicted molar refractivity (Wildman–Crippen MR) is 167 cm³/mol. The van der Waals surface area contributed by atoms with Crippen LogP contribution in [0.15, 0.2) is 47.4 Å². The molecule has 0 unspecified atom stereocenters. The Labute approximate surface area is 253 Å². The van der Waals surface area contributed by atoms with Crippen LogP contribution in [0.2, 0.25) is 18.1 Å². The number of hydrogen-bond acceptors (Lipinski definition) is 8. The Balaban J connectivity index is 1.44. The van der Waals surface area contributed by atoms with Gasteiger partial charge in [0.25, 0.3) is 11.5 Å². The highest BCUT2D eigenvalue weighted by atomic mass is 32.2. The van der Waals surface area contributed by atoms with E-state index in [9.17, 15) is 18.0 Å². The van der Waals surface area contributed by atoms with Crippen LogP contribution in [0.25, 0.3) is 10.9 Å². The molecule has 1 aliphatic rings. The number of nitrogens with one attached hydrogen (secondary N) is 2. The van der Waals surface area contributed by atoms with Gasteiger partial charge in [-0.3, -0.25) is 9.59 Å². The lowest BCUT2D eigenvalue weighted by atomic mass is 10.1. The van der Waals surface area contributed by atoms with Crippen LogP contribution in [-0.2, 0) is 28.0 Å². The Bertz CT molecular complexity index is 1720. The molecule has 0 spiro atoms. The zero-order valence-corrected chi connectivity index (χ0v) is 27.3. The monoisotopic (exact) mass is 625 g/mol. The normalized spacial score (nSPS) is 14.7. The van der Waals surface area contributed by atoms with Crippen LogP contribution in [0.3, 0.4) is 0 Å². The van der Waals surface area contributed by atoms with Gasteiger partial charge >= 0.3 is 0 Å². The molecule has 0 saturated heterocycles. The summed E-state index contributed by atoms with van der Waals surface area (Å²) in [6.45, 7) is 11.2. The second-order valence-electron chi connectivity index (χ2n) is 12.4. The molecule has 43 heavy (non-hydrogen) atoms. The summed E-state index contributed by atoms with van der Waals surface area (Å²) in [5.74, 6) is -0.429. The molecule has 11 nitrogen and oxygen atoms in total. The van der Waals surface area contributed by atoms with Crippen molar-refractivity contribution in [1.82, 2.24) is 19.6 Å². The first-order chi connectivity index (χ1) is 20.1. The molecule has 0 bridgehead atoms. The third-order valence-corrected chi connectivity index (χ3v) is 15.2. The molecule has 4 rings (SSSR count). The Kier molecular flexibility index (Phi) is 9.18. The van der Waals surface area contributed by atoms with Gasteiger partial charge in [0.05, 0.1) is 11.6 Å². The van der Waals surface area contributed by atoms with Crippen LogP contribution < -0.4 is 20.3 Å². The number of nitrogens with zero attached hydrogens (tertiary/aromatic N) is 3. The van der Waals surface area contributed by atoms with Crippen LogP contribution in [0.5, 0.6) is 5.88 Å². The summed E-state index contributed by atoms with van der Waals surface area (Å²) in [5, 5.41) is 12.3.